The van der Waals surface area contributed by atoms with Gasteiger partial charge in [-0.3, -0.25) is 5.32 Å². The predicted molar refractivity (Wildman–Crippen MR) is 37.5 cm³/mol. The normalized spacial score (nSPS) is 17.9. The van der Waals surface area contributed by atoms with Crippen molar-refractivity contribution in [2.24, 2.45) is 0 Å². The van der Waals surface area contributed by atoms with Gasteiger partial charge in [0.2, 0.25) is 0 Å². The van der Waals surface area contributed by atoms with Crippen molar-refractivity contribution < 1.29 is 4.58 Å². The Hall–Kier alpha value is -0.730. The second-order valence-corrected chi connectivity index (χ2v) is 2.39. The fraction of sp³-hybridized carbons (Fsp3) is 0.833. The van der Waals surface area contributed by atoms with E-state index in [1.54, 1.807) is 0 Å². The summed E-state index contributed by atoms with van der Waals surface area (Å²) in [4.78, 5) is 2.18. The van der Waals surface area contributed by atoms with Gasteiger partial charge in [-0.2, -0.15) is 0 Å². The topological polar surface area (TPSA) is 18.3 Å². The molecule has 1 rings (SSSR count). The van der Waals surface area contributed by atoms with Gasteiger partial charge in [-0.1, -0.05) is 0 Å². The lowest BCUT2D eigenvalue weighted by Crippen LogP contribution is -2.56. The van der Waals surface area contributed by atoms with Crippen molar-refractivity contribution in [1.82, 2.24) is 10.2 Å². The smallest absolute Gasteiger partial charge is 0.278 e. The Balaban J connectivity index is 2.47. The molecule has 0 aromatic rings. The first kappa shape index (κ1) is 6.39. The molecule has 0 aromatic heterocycles. The van der Waals surface area contributed by atoms with Crippen LogP contribution in [0.5, 0.6) is 0 Å². The Morgan fingerprint density at radius 3 is 2.67 bits per heavy atom. The molecule has 0 saturated carbocycles. The predicted octanol–water partition coefficient (Wildman–Crippen LogP) is -0.503. The van der Waals surface area contributed by atoms with Crippen LogP contribution < -0.4 is 5.32 Å². The van der Waals surface area contributed by atoms with Crippen LogP contribution in [0.25, 0.3) is 0 Å². The lowest BCUT2D eigenvalue weighted by Gasteiger charge is -2.26. The zero-order chi connectivity index (χ0) is 6.85. The lowest BCUT2D eigenvalue weighted by atomic mass is 10.5. The third-order valence-corrected chi connectivity index (χ3v) is 1.48. The Morgan fingerprint density at radius 1 is 1.78 bits per heavy atom. The first-order valence-electron chi connectivity index (χ1n) is 3.28. The van der Waals surface area contributed by atoms with E-state index in [4.69, 9.17) is 0 Å². The molecular formula is C6H14N3+. The average molecular weight is 128 g/mol. The maximum absolute atomic E-state index is 3.25. The Bertz CT molecular complexity index is 139. The van der Waals surface area contributed by atoms with Crippen molar-refractivity contribution in [3.05, 3.63) is 0 Å². The highest BCUT2D eigenvalue weighted by Crippen LogP contribution is 1.94. The average Bonchev–Trinajstić information content (AvgIpc) is 1.84. The van der Waals surface area contributed by atoms with Crippen molar-refractivity contribution in [2.75, 3.05) is 27.3 Å². The van der Waals surface area contributed by atoms with E-state index >= 15 is 0 Å². The summed E-state index contributed by atoms with van der Waals surface area (Å²) in [6.45, 7) is 4.15. The lowest BCUT2D eigenvalue weighted by molar-refractivity contribution is -0.560. The molecule has 0 atom stereocenters. The van der Waals surface area contributed by atoms with E-state index in [0.717, 1.165) is 13.2 Å². The van der Waals surface area contributed by atoms with Gasteiger partial charge < -0.3 is 0 Å². The molecular weight excluding hydrogens is 114 g/mol. The van der Waals surface area contributed by atoms with Gasteiger partial charge in [-0.05, 0) is 6.92 Å². The highest BCUT2D eigenvalue weighted by Gasteiger charge is 2.26. The second kappa shape index (κ2) is 2.25. The molecule has 52 valence electrons. The maximum Gasteiger partial charge on any atom is 0.352 e. The molecule has 0 aliphatic carbocycles. The van der Waals surface area contributed by atoms with Gasteiger partial charge >= 0.3 is 5.96 Å². The van der Waals surface area contributed by atoms with E-state index in [0.29, 0.717) is 0 Å². The third-order valence-electron chi connectivity index (χ3n) is 1.48. The number of guanidine groups is 1. The number of hydrogen-bond donors (Lipinski definition) is 1. The van der Waals surface area contributed by atoms with E-state index in [2.05, 4.69) is 35.8 Å². The van der Waals surface area contributed by atoms with Crippen molar-refractivity contribution >= 4 is 5.96 Å². The summed E-state index contributed by atoms with van der Waals surface area (Å²) in [5, 5.41) is 3.25. The summed E-state index contributed by atoms with van der Waals surface area (Å²) in [6, 6.07) is 0. The summed E-state index contributed by atoms with van der Waals surface area (Å²) in [5.74, 6) is 1.23. The standard InChI is InChI=1S/C6H13N3/c1-4-7-6-8(2)5-9(6)3/h4-5H2,1-3H3/p+1. The van der Waals surface area contributed by atoms with Gasteiger partial charge in [0, 0.05) is 0 Å². The van der Waals surface area contributed by atoms with Crippen LogP contribution >= 0.6 is 0 Å². The molecule has 1 N–H and O–H groups in total. The summed E-state index contributed by atoms with van der Waals surface area (Å²) in [5.41, 5.74) is 0. The van der Waals surface area contributed by atoms with Crippen molar-refractivity contribution in [3.8, 4) is 0 Å². The molecule has 0 bridgehead atoms. The fourth-order valence-electron chi connectivity index (χ4n) is 1.09. The van der Waals surface area contributed by atoms with E-state index in [1.807, 2.05) is 0 Å². The summed E-state index contributed by atoms with van der Waals surface area (Å²) in [6.07, 6.45) is 0. The number of nitrogens with zero attached hydrogens (tertiary/aromatic N) is 2. The van der Waals surface area contributed by atoms with E-state index in [9.17, 15) is 0 Å². The fourth-order valence-corrected chi connectivity index (χ4v) is 1.09. The van der Waals surface area contributed by atoms with Crippen molar-refractivity contribution in [1.29, 1.82) is 0 Å². The Morgan fingerprint density at radius 2 is 2.44 bits per heavy atom. The molecule has 1 heterocycles. The van der Waals surface area contributed by atoms with E-state index in [1.165, 1.54) is 5.96 Å². The van der Waals surface area contributed by atoms with Crippen LogP contribution in [0.1, 0.15) is 6.92 Å². The minimum atomic E-state index is 1.00. The number of nitrogens with one attached hydrogen (secondary N) is 1. The number of rotatable bonds is 1. The Kier molecular flexibility index (Phi) is 1.60. The monoisotopic (exact) mass is 128 g/mol. The zero-order valence-corrected chi connectivity index (χ0v) is 6.31. The SMILES string of the molecule is CCNC1=[N+](C)CN1C. The van der Waals surface area contributed by atoms with Crippen LogP contribution in [0, 0.1) is 0 Å². The van der Waals surface area contributed by atoms with E-state index < -0.39 is 0 Å². The molecule has 0 saturated heterocycles. The molecule has 0 spiro atoms. The quantitative estimate of drug-likeness (QED) is 0.480. The molecule has 1 aliphatic heterocycles. The Labute approximate surface area is 56.0 Å². The van der Waals surface area contributed by atoms with Crippen LogP contribution in [0.4, 0.5) is 0 Å². The third kappa shape index (κ3) is 0.992. The van der Waals surface area contributed by atoms with Crippen LogP contribution in [0.2, 0.25) is 0 Å². The molecule has 0 fully saturated rings. The molecule has 0 unspecified atom stereocenters. The summed E-state index contributed by atoms with van der Waals surface area (Å²) in [7, 11) is 4.16. The highest BCUT2D eigenvalue weighted by atomic mass is 15.5. The molecule has 3 heteroatoms. The molecule has 1 aliphatic rings. The summed E-state index contributed by atoms with van der Waals surface area (Å²) >= 11 is 0. The zero-order valence-electron chi connectivity index (χ0n) is 6.31. The first-order chi connectivity index (χ1) is 4.25. The highest BCUT2D eigenvalue weighted by molar-refractivity contribution is 5.76. The van der Waals surface area contributed by atoms with Gasteiger partial charge in [0.25, 0.3) is 0 Å². The van der Waals surface area contributed by atoms with Crippen LogP contribution in [-0.4, -0.2) is 42.7 Å². The maximum atomic E-state index is 3.25. The molecule has 9 heavy (non-hydrogen) atoms. The summed E-state index contributed by atoms with van der Waals surface area (Å²) < 4.78 is 2.18. The molecule has 0 amide bonds. The largest absolute Gasteiger partial charge is 0.352 e. The first-order valence-corrected chi connectivity index (χ1v) is 3.28. The van der Waals surface area contributed by atoms with Crippen LogP contribution in [0.3, 0.4) is 0 Å². The van der Waals surface area contributed by atoms with Gasteiger partial charge in [0.05, 0.1) is 20.6 Å². The van der Waals surface area contributed by atoms with Gasteiger partial charge in [-0.25, -0.2) is 9.48 Å². The van der Waals surface area contributed by atoms with Crippen molar-refractivity contribution in [2.45, 2.75) is 6.92 Å². The minimum absolute atomic E-state index is 1.00. The second-order valence-electron chi connectivity index (χ2n) is 2.39. The minimum Gasteiger partial charge on any atom is -0.278 e. The molecule has 0 aromatic carbocycles. The van der Waals surface area contributed by atoms with Gasteiger partial charge in [-0.15, -0.1) is 0 Å². The van der Waals surface area contributed by atoms with Gasteiger partial charge in [0.15, 0.2) is 6.67 Å². The molecule has 0 radical (unpaired) electrons. The van der Waals surface area contributed by atoms with Crippen LogP contribution in [0.15, 0.2) is 0 Å². The van der Waals surface area contributed by atoms with Crippen LogP contribution in [-0.2, 0) is 0 Å². The van der Waals surface area contributed by atoms with E-state index in [-0.39, 0.29) is 0 Å². The number of hydrogen-bond acceptors (Lipinski definition) is 2. The van der Waals surface area contributed by atoms with Gasteiger partial charge in [0.1, 0.15) is 0 Å². The van der Waals surface area contributed by atoms with Crippen molar-refractivity contribution in [3.63, 3.8) is 0 Å². The molecule has 3 nitrogen and oxygen atoms in total.